The summed E-state index contributed by atoms with van der Waals surface area (Å²) in [5, 5.41) is 0. The lowest BCUT2D eigenvalue weighted by Crippen LogP contribution is -2.49. The average Bonchev–Trinajstić information content (AvgIpc) is 2.55. The van der Waals surface area contributed by atoms with Gasteiger partial charge in [0.05, 0.1) is 17.1 Å². The summed E-state index contributed by atoms with van der Waals surface area (Å²) >= 11 is 0. The highest BCUT2D eigenvalue weighted by atomic mass is 32.2. The van der Waals surface area contributed by atoms with Gasteiger partial charge in [-0.3, -0.25) is 0 Å². The van der Waals surface area contributed by atoms with Crippen molar-refractivity contribution in [3.8, 4) is 0 Å². The maximum absolute atomic E-state index is 13.1. The number of sulfonamides is 1. The molecule has 0 aliphatic carbocycles. The summed E-state index contributed by atoms with van der Waals surface area (Å²) < 4.78 is 33.8. The molecule has 0 saturated carbocycles. The summed E-state index contributed by atoms with van der Waals surface area (Å²) in [4.78, 5) is 0.394. The second-order valence-electron chi connectivity index (χ2n) is 6.85. The number of ether oxygens (including phenoxy) is 1. The highest BCUT2D eigenvalue weighted by Crippen LogP contribution is 2.25. The Kier molecular flexibility index (Phi) is 5.27. The molecular formula is C20H25NO3S. The monoisotopic (exact) mass is 359 g/mol. The summed E-state index contributed by atoms with van der Waals surface area (Å²) in [7, 11) is -3.51. The minimum absolute atomic E-state index is 0.122. The van der Waals surface area contributed by atoms with Crippen molar-refractivity contribution in [2.75, 3.05) is 13.1 Å². The lowest BCUT2D eigenvalue weighted by atomic mass is 10.1. The van der Waals surface area contributed by atoms with E-state index in [4.69, 9.17) is 4.74 Å². The minimum atomic E-state index is -3.51. The van der Waals surface area contributed by atoms with Gasteiger partial charge in [0, 0.05) is 13.1 Å². The van der Waals surface area contributed by atoms with Crippen LogP contribution in [0.1, 0.15) is 23.6 Å². The van der Waals surface area contributed by atoms with Crippen LogP contribution in [0.15, 0.2) is 53.4 Å². The Balaban J connectivity index is 1.83. The van der Waals surface area contributed by atoms with Gasteiger partial charge in [-0.2, -0.15) is 4.31 Å². The first-order valence-corrected chi connectivity index (χ1v) is 10.1. The Morgan fingerprint density at radius 2 is 1.80 bits per heavy atom. The van der Waals surface area contributed by atoms with Gasteiger partial charge in [-0.05, 0) is 44.4 Å². The second-order valence-corrected chi connectivity index (χ2v) is 8.76. The van der Waals surface area contributed by atoms with Crippen molar-refractivity contribution in [1.29, 1.82) is 0 Å². The van der Waals surface area contributed by atoms with E-state index in [1.807, 2.05) is 63.2 Å². The summed E-state index contributed by atoms with van der Waals surface area (Å²) in [6.45, 7) is 6.53. The molecule has 4 nitrogen and oxygen atoms in total. The predicted octanol–water partition coefficient (Wildman–Crippen LogP) is 3.32. The van der Waals surface area contributed by atoms with Crippen LogP contribution in [0.5, 0.6) is 0 Å². The van der Waals surface area contributed by atoms with Crippen molar-refractivity contribution < 1.29 is 13.2 Å². The third-order valence-corrected chi connectivity index (χ3v) is 6.54. The molecule has 0 spiro atoms. The van der Waals surface area contributed by atoms with Crippen molar-refractivity contribution in [1.82, 2.24) is 4.31 Å². The third-order valence-electron chi connectivity index (χ3n) is 4.55. The molecule has 1 fully saturated rings. The van der Waals surface area contributed by atoms with Crippen LogP contribution in [0.4, 0.5) is 0 Å². The van der Waals surface area contributed by atoms with E-state index < -0.39 is 10.0 Å². The fraction of sp³-hybridized carbons (Fsp3) is 0.400. The summed E-state index contributed by atoms with van der Waals surface area (Å²) in [5.41, 5.74) is 3.01. The lowest BCUT2D eigenvalue weighted by molar-refractivity contribution is -0.0529. The van der Waals surface area contributed by atoms with Crippen molar-refractivity contribution in [2.24, 2.45) is 0 Å². The molecule has 3 rings (SSSR count). The van der Waals surface area contributed by atoms with Gasteiger partial charge in [-0.25, -0.2) is 8.42 Å². The Hall–Kier alpha value is -1.69. The molecule has 2 aromatic carbocycles. The first-order chi connectivity index (χ1) is 11.9. The summed E-state index contributed by atoms with van der Waals surface area (Å²) in [6.07, 6.45) is 0.457. The van der Waals surface area contributed by atoms with Gasteiger partial charge < -0.3 is 4.74 Å². The van der Waals surface area contributed by atoms with Crippen LogP contribution in [0, 0.1) is 13.8 Å². The van der Waals surface area contributed by atoms with Gasteiger partial charge in [0.2, 0.25) is 10.0 Å². The predicted molar refractivity (Wildman–Crippen MR) is 99.2 cm³/mol. The maximum Gasteiger partial charge on any atom is 0.243 e. The number of aryl methyl sites for hydroxylation is 2. The summed E-state index contributed by atoms with van der Waals surface area (Å²) in [6, 6.07) is 15.5. The molecule has 5 heteroatoms. The highest BCUT2D eigenvalue weighted by molar-refractivity contribution is 7.89. The standard InChI is InChI=1S/C20H25NO3S/c1-15-9-10-20(16(2)11-15)25(22,23)21-13-17(3)24-19(14-21)12-18-7-5-4-6-8-18/h4-11,17,19H,12-14H2,1-3H3. The number of rotatable bonds is 4. The molecule has 0 N–H and O–H groups in total. The van der Waals surface area contributed by atoms with E-state index in [0.29, 0.717) is 24.4 Å². The topological polar surface area (TPSA) is 46.6 Å². The molecule has 2 unspecified atom stereocenters. The molecule has 1 aliphatic heterocycles. The second kappa shape index (κ2) is 7.28. The molecule has 1 heterocycles. The van der Waals surface area contributed by atoms with Crippen LogP contribution in [-0.4, -0.2) is 38.0 Å². The fourth-order valence-corrected chi connectivity index (χ4v) is 5.17. The average molecular weight is 359 g/mol. The zero-order valence-corrected chi connectivity index (χ0v) is 15.8. The van der Waals surface area contributed by atoms with Crippen molar-refractivity contribution in [2.45, 2.75) is 44.3 Å². The smallest absolute Gasteiger partial charge is 0.243 e. The molecule has 2 aromatic rings. The Morgan fingerprint density at radius 1 is 1.08 bits per heavy atom. The van der Waals surface area contributed by atoms with Crippen LogP contribution in [0.25, 0.3) is 0 Å². The Bertz CT molecular complexity index is 833. The van der Waals surface area contributed by atoms with E-state index in [-0.39, 0.29) is 12.2 Å². The number of hydrogen-bond acceptors (Lipinski definition) is 3. The maximum atomic E-state index is 13.1. The van der Waals surface area contributed by atoms with Crippen molar-refractivity contribution >= 4 is 10.0 Å². The molecule has 134 valence electrons. The molecule has 1 aliphatic rings. The first-order valence-electron chi connectivity index (χ1n) is 8.63. The minimum Gasteiger partial charge on any atom is -0.372 e. The van der Waals surface area contributed by atoms with E-state index in [0.717, 1.165) is 16.7 Å². The van der Waals surface area contributed by atoms with Gasteiger partial charge in [-0.15, -0.1) is 0 Å². The molecular weight excluding hydrogens is 334 g/mol. The van der Waals surface area contributed by atoms with E-state index in [2.05, 4.69) is 0 Å². The molecule has 25 heavy (non-hydrogen) atoms. The molecule has 0 amide bonds. The van der Waals surface area contributed by atoms with E-state index in [1.54, 1.807) is 10.4 Å². The van der Waals surface area contributed by atoms with Crippen LogP contribution >= 0.6 is 0 Å². The number of morpholine rings is 1. The normalized spacial score (nSPS) is 22.0. The van der Waals surface area contributed by atoms with Crippen LogP contribution in [0.3, 0.4) is 0 Å². The van der Waals surface area contributed by atoms with Gasteiger partial charge in [-0.1, -0.05) is 48.0 Å². The third kappa shape index (κ3) is 4.11. The van der Waals surface area contributed by atoms with Crippen molar-refractivity contribution in [3.05, 3.63) is 65.2 Å². The van der Waals surface area contributed by atoms with E-state index in [9.17, 15) is 8.42 Å². The zero-order chi connectivity index (χ0) is 18.0. The number of benzene rings is 2. The van der Waals surface area contributed by atoms with Crippen LogP contribution in [0.2, 0.25) is 0 Å². The Labute approximate surface area is 150 Å². The molecule has 0 radical (unpaired) electrons. The Morgan fingerprint density at radius 3 is 2.48 bits per heavy atom. The van der Waals surface area contributed by atoms with Crippen LogP contribution in [-0.2, 0) is 21.2 Å². The van der Waals surface area contributed by atoms with Gasteiger partial charge in [0.25, 0.3) is 0 Å². The van der Waals surface area contributed by atoms with Crippen LogP contribution < -0.4 is 0 Å². The summed E-state index contributed by atoms with van der Waals surface area (Å²) in [5.74, 6) is 0. The molecule has 1 saturated heterocycles. The van der Waals surface area contributed by atoms with E-state index in [1.165, 1.54) is 0 Å². The van der Waals surface area contributed by atoms with Gasteiger partial charge in [0.1, 0.15) is 0 Å². The quantitative estimate of drug-likeness (QED) is 0.841. The molecule has 0 bridgehead atoms. The SMILES string of the molecule is Cc1ccc(S(=O)(=O)N2CC(C)OC(Cc3ccccc3)C2)c(C)c1. The highest BCUT2D eigenvalue weighted by Gasteiger charge is 2.34. The van der Waals surface area contributed by atoms with E-state index >= 15 is 0 Å². The lowest BCUT2D eigenvalue weighted by Gasteiger charge is -2.36. The molecule has 0 aromatic heterocycles. The fourth-order valence-electron chi connectivity index (χ4n) is 3.42. The van der Waals surface area contributed by atoms with Gasteiger partial charge in [0.15, 0.2) is 0 Å². The van der Waals surface area contributed by atoms with Crippen molar-refractivity contribution in [3.63, 3.8) is 0 Å². The number of hydrogen-bond donors (Lipinski definition) is 0. The largest absolute Gasteiger partial charge is 0.372 e. The van der Waals surface area contributed by atoms with Gasteiger partial charge >= 0.3 is 0 Å². The zero-order valence-electron chi connectivity index (χ0n) is 15.0. The first kappa shape index (κ1) is 18.1. The molecule has 2 atom stereocenters. The number of nitrogens with zero attached hydrogens (tertiary/aromatic N) is 1.